The molecular formula is C18H32N4O3. The van der Waals surface area contributed by atoms with Crippen LogP contribution in [0.15, 0.2) is 0 Å². The van der Waals surface area contributed by atoms with Gasteiger partial charge in [0.1, 0.15) is 0 Å². The Morgan fingerprint density at radius 3 is 2.20 bits per heavy atom. The maximum atomic E-state index is 12.7. The van der Waals surface area contributed by atoms with Gasteiger partial charge in [0.2, 0.25) is 11.8 Å². The highest BCUT2D eigenvalue weighted by Crippen LogP contribution is 2.21. The van der Waals surface area contributed by atoms with Gasteiger partial charge in [-0.25, -0.2) is 4.79 Å². The molecule has 0 aromatic carbocycles. The van der Waals surface area contributed by atoms with E-state index in [9.17, 15) is 14.4 Å². The zero-order chi connectivity index (χ0) is 18.1. The summed E-state index contributed by atoms with van der Waals surface area (Å²) in [6.45, 7) is 5.98. The third-order valence-corrected chi connectivity index (χ3v) is 5.01. The molecule has 0 bridgehead atoms. The molecule has 7 nitrogen and oxygen atoms in total. The molecule has 25 heavy (non-hydrogen) atoms. The number of amides is 4. The van der Waals surface area contributed by atoms with Crippen LogP contribution in [0.5, 0.6) is 0 Å². The second-order valence-corrected chi connectivity index (χ2v) is 7.09. The van der Waals surface area contributed by atoms with Crippen molar-refractivity contribution in [3.8, 4) is 0 Å². The molecule has 2 rings (SSSR count). The van der Waals surface area contributed by atoms with Crippen LogP contribution in [0.2, 0.25) is 0 Å². The second kappa shape index (κ2) is 10.4. The zero-order valence-electron chi connectivity index (χ0n) is 15.4. The van der Waals surface area contributed by atoms with Gasteiger partial charge in [-0.15, -0.1) is 0 Å². The van der Waals surface area contributed by atoms with E-state index < -0.39 is 6.03 Å². The van der Waals surface area contributed by atoms with E-state index in [4.69, 9.17) is 0 Å². The number of nitrogens with one attached hydrogen (secondary N) is 2. The zero-order valence-corrected chi connectivity index (χ0v) is 15.4. The molecule has 0 aromatic rings. The quantitative estimate of drug-likeness (QED) is 0.782. The summed E-state index contributed by atoms with van der Waals surface area (Å²) in [6, 6.07) is -0.432. The number of imide groups is 1. The maximum absolute atomic E-state index is 12.7. The van der Waals surface area contributed by atoms with E-state index in [1.54, 1.807) is 0 Å². The van der Waals surface area contributed by atoms with Gasteiger partial charge < -0.3 is 10.2 Å². The molecule has 0 unspecified atom stereocenters. The summed E-state index contributed by atoms with van der Waals surface area (Å²) in [5.74, 6) is 0.0982. The van der Waals surface area contributed by atoms with Crippen LogP contribution in [0.25, 0.3) is 0 Å². The first kappa shape index (κ1) is 19.7. The van der Waals surface area contributed by atoms with Gasteiger partial charge in [0.15, 0.2) is 0 Å². The summed E-state index contributed by atoms with van der Waals surface area (Å²) >= 11 is 0. The molecular weight excluding hydrogens is 320 g/mol. The van der Waals surface area contributed by atoms with E-state index in [1.807, 2.05) is 16.7 Å². The van der Waals surface area contributed by atoms with E-state index >= 15 is 0 Å². The van der Waals surface area contributed by atoms with Crippen molar-refractivity contribution in [3.63, 3.8) is 0 Å². The number of rotatable bonds is 5. The van der Waals surface area contributed by atoms with Gasteiger partial charge in [-0.05, 0) is 45.2 Å². The lowest BCUT2D eigenvalue weighted by Crippen LogP contribution is -2.48. The SMILES string of the molecule is CCCNC(=O)NC(=O)CN1CCC(C(=O)N2CCCCCC2)CC1. The Morgan fingerprint density at radius 1 is 0.960 bits per heavy atom. The molecule has 2 N–H and O–H groups in total. The molecule has 0 spiro atoms. The summed E-state index contributed by atoms with van der Waals surface area (Å²) in [7, 11) is 0. The summed E-state index contributed by atoms with van der Waals surface area (Å²) in [4.78, 5) is 40.1. The van der Waals surface area contributed by atoms with Gasteiger partial charge in [0, 0.05) is 25.6 Å². The van der Waals surface area contributed by atoms with Crippen molar-refractivity contribution in [3.05, 3.63) is 0 Å². The minimum absolute atomic E-state index is 0.0882. The third kappa shape index (κ3) is 6.65. The summed E-state index contributed by atoms with van der Waals surface area (Å²) < 4.78 is 0. The van der Waals surface area contributed by atoms with Crippen molar-refractivity contribution >= 4 is 17.8 Å². The molecule has 0 aromatic heterocycles. The smallest absolute Gasteiger partial charge is 0.321 e. The molecule has 2 aliphatic rings. The predicted molar refractivity (Wildman–Crippen MR) is 96.0 cm³/mol. The van der Waals surface area contributed by atoms with Crippen LogP contribution in [-0.4, -0.2) is 66.9 Å². The first-order valence-corrected chi connectivity index (χ1v) is 9.69. The molecule has 2 heterocycles. The molecule has 0 radical (unpaired) electrons. The van der Waals surface area contributed by atoms with Gasteiger partial charge in [0.05, 0.1) is 6.54 Å². The van der Waals surface area contributed by atoms with E-state index in [0.29, 0.717) is 12.5 Å². The lowest BCUT2D eigenvalue weighted by atomic mass is 9.95. The molecule has 7 heteroatoms. The molecule has 0 atom stereocenters. The van der Waals surface area contributed by atoms with E-state index in [0.717, 1.165) is 58.3 Å². The highest BCUT2D eigenvalue weighted by Gasteiger charge is 2.29. The number of piperidine rings is 1. The highest BCUT2D eigenvalue weighted by molar-refractivity contribution is 5.95. The average Bonchev–Trinajstić information content (AvgIpc) is 2.89. The molecule has 142 valence electrons. The fraction of sp³-hybridized carbons (Fsp3) is 0.833. The monoisotopic (exact) mass is 352 g/mol. The van der Waals surface area contributed by atoms with Crippen molar-refractivity contribution in [2.75, 3.05) is 39.3 Å². The minimum atomic E-state index is -0.432. The number of hydrogen-bond acceptors (Lipinski definition) is 4. The highest BCUT2D eigenvalue weighted by atomic mass is 16.2. The predicted octanol–water partition coefficient (Wildman–Crippen LogP) is 1.34. The molecule has 0 aliphatic carbocycles. The van der Waals surface area contributed by atoms with Crippen LogP contribution in [0.1, 0.15) is 51.9 Å². The molecule has 0 saturated carbocycles. The van der Waals surface area contributed by atoms with Crippen molar-refractivity contribution in [2.24, 2.45) is 5.92 Å². The normalized spacial score (nSPS) is 20.0. The maximum Gasteiger partial charge on any atom is 0.321 e. The summed E-state index contributed by atoms with van der Waals surface area (Å²) in [5.41, 5.74) is 0. The van der Waals surface area contributed by atoms with E-state index in [-0.39, 0.29) is 18.4 Å². The van der Waals surface area contributed by atoms with Gasteiger partial charge in [-0.1, -0.05) is 19.8 Å². The van der Waals surface area contributed by atoms with Crippen LogP contribution in [0.3, 0.4) is 0 Å². The average molecular weight is 352 g/mol. The Balaban J connectivity index is 1.69. The lowest BCUT2D eigenvalue weighted by Gasteiger charge is -2.33. The van der Waals surface area contributed by atoms with Crippen LogP contribution >= 0.6 is 0 Å². The third-order valence-electron chi connectivity index (χ3n) is 5.01. The number of urea groups is 1. The lowest BCUT2D eigenvalue weighted by molar-refractivity contribution is -0.137. The van der Waals surface area contributed by atoms with Crippen molar-refractivity contribution in [1.29, 1.82) is 0 Å². The standard InChI is InChI=1S/C18H32N4O3/c1-2-9-19-18(25)20-16(23)14-21-12-7-15(8-13-21)17(24)22-10-5-3-4-6-11-22/h15H,2-14H2,1H3,(H2,19,20,23,25). The number of hydrogen-bond donors (Lipinski definition) is 2. The van der Waals surface area contributed by atoms with E-state index in [1.165, 1.54) is 12.8 Å². The molecule has 2 saturated heterocycles. The molecule has 2 fully saturated rings. The Bertz CT molecular complexity index is 453. The molecule has 4 amide bonds. The van der Waals surface area contributed by atoms with E-state index in [2.05, 4.69) is 10.6 Å². The van der Waals surface area contributed by atoms with Crippen molar-refractivity contribution in [2.45, 2.75) is 51.9 Å². The van der Waals surface area contributed by atoms with Crippen LogP contribution in [0, 0.1) is 5.92 Å². The summed E-state index contributed by atoms with van der Waals surface area (Å²) in [5, 5.41) is 4.97. The number of carbonyl (C=O) groups excluding carboxylic acids is 3. The minimum Gasteiger partial charge on any atom is -0.342 e. The topological polar surface area (TPSA) is 81.8 Å². The van der Waals surface area contributed by atoms with Crippen LogP contribution in [0.4, 0.5) is 4.79 Å². The number of carbonyl (C=O) groups is 3. The van der Waals surface area contributed by atoms with Gasteiger partial charge >= 0.3 is 6.03 Å². The number of nitrogens with zero attached hydrogens (tertiary/aromatic N) is 2. The van der Waals surface area contributed by atoms with Crippen molar-refractivity contribution in [1.82, 2.24) is 20.4 Å². The van der Waals surface area contributed by atoms with Gasteiger partial charge in [-0.2, -0.15) is 0 Å². The Kier molecular flexibility index (Phi) is 8.18. The van der Waals surface area contributed by atoms with Gasteiger partial charge in [-0.3, -0.25) is 19.8 Å². The fourth-order valence-corrected chi connectivity index (χ4v) is 3.54. The second-order valence-electron chi connectivity index (χ2n) is 7.09. The van der Waals surface area contributed by atoms with Crippen LogP contribution in [-0.2, 0) is 9.59 Å². The van der Waals surface area contributed by atoms with Crippen molar-refractivity contribution < 1.29 is 14.4 Å². The van der Waals surface area contributed by atoms with Gasteiger partial charge in [0.25, 0.3) is 0 Å². The first-order valence-electron chi connectivity index (χ1n) is 9.69. The first-order chi connectivity index (χ1) is 12.1. The largest absolute Gasteiger partial charge is 0.342 e. The Morgan fingerprint density at radius 2 is 1.60 bits per heavy atom. The Hall–Kier alpha value is -1.63. The van der Waals surface area contributed by atoms with Crippen LogP contribution < -0.4 is 10.6 Å². The number of likely N-dealkylation sites (tertiary alicyclic amines) is 2. The summed E-state index contributed by atoms with van der Waals surface area (Å²) in [6.07, 6.45) is 7.11. The molecule has 2 aliphatic heterocycles. The fourth-order valence-electron chi connectivity index (χ4n) is 3.54. The Labute approximate surface area is 150 Å².